The minimum Gasteiger partial charge on any atom is -0.333 e. The van der Waals surface area contributed by atoms with Crippen molar-refractivity contribution >= 4 is 46.0 Å². The molecule has 0 unspecified atom stereocenters. The van der Waals surface area contributed by atoms with Gasteiger partial charge < -0.3 is 4.90 Å². The number of nitrogens with zero attached hydrogens (tertiary/aromatic N) is 3. The zero-order valence-electron chi connectivity index (χ0n) is 15.7. The van der Waals surface area contributed by atoms with Gasteiger partial charge in [-0.15, -0.1) is 0 Å². The van der Waals surface area contributed by atoms with Gasteiger partial charge in [0.2, 0.25) is 0 Å². The SMILES string of the molecule is CCCN(c1c(Cl)cc(C(F)(F)F)cc1Cl)c1c([N+](=O)[O-])cc([N+](=O)[O-])cc1C(F)(F)F. The van der Waals surface area contributed by atoms with Crippen LogP contribution in [0, 0.1) is 20.2 Å². The molecule has 0 fully saturated rings. The first-order valence-corrected chi connectivity index (χ1v) is 9.23. The Hall–Kier alpha value is -2.80. The largest absolute Gasteiger partial charge is 0.418 e. The molecular formula is C17H11Cl2F6N3O4. The summed E-state index contributed by atoms with van der Waals surface area (Å²) in [6.07, 6.45) is -10.1. The van der Waals surface area contributed by atoms with Crippen LogP contribution in [0.15, 0.2) is 24.3 Å². The van der Waals surface area contributed by atoms with E-state index in [1.54, 1.807) is 0 Å². The van der Waals surface area contributed by atoms with E-state index in [2.05, 4.69) is 0 Å². The second-order valence-corrected chi connectivity index (χ2v) is 7.13. The summed E-state index contributed by atoms with van der Waals surface area (Å²) in [5.74, 6) is 0. The van der Waals surface area contributed by atoms with Gasteiger partial charge in [0.1, 0.15) is 5.69 Å². The number of nitro groups is 2. The lowest BCUT2D eigenvalue weighted by Gasteiger charge is -2.29. The number of anilines is 2. The Bertz CT molecular complexity index is 1050. The van der Waals surface area contributed by atoms with E-state index in [4.69, 9.17) is 23.2 Å². The van der Waals surface area contributed by atoms with Crippen molar-refractivity contribution in [2.45, 2.75) is 25.7 Å². The van der Waals surface area contributed by atoms with Crippen LogP contribution in [0.5, 0.6) is 0 Å². The summed E-state index contributed by atoms with van der Waals surface area (Å²) in [6, 6.07) is 1.24. The number of rotatable bonds is 6. The normalized spacial score (nSPS) is 12.0. The lowest BCUT2D eigenvalue weighted by Crippen LogP contribution is -2.24. The average Bonchev–Trinajstić information content (AvgIpc) is 2.64. The fourth-order valence-electron chi connectivity index (χ4n) is 2.89. The van der Waals surface area contributed by atoms with E-state index in [0.717, 1.165) is 0 Å². The predicted molar refractivity (Wildman–Crippen MR) is 104 cm³/mol. The standard InChI is InChI=1S/C17H11Cl2F6N3O4/c1-2-3-26(15-11(18)4-8(5-12(15)19)16(20,21)22)14-10(17(23,24)25)6-9(27(29)30)7-13(14)28(31)32/h4-7H,2-3H2,1H3. The maximum atomic E-state index is 13.8. The molecule has 0 bridgehead atoms. The summed E-state index contributed by atoms with van der Waals surface area (Å²) in [5.41, 5.74) is -7.23. The van der Waals surface area contributed by atoms with Gasteiger partial charge in [-0.25, -0.2) is 0 Å². The third kappa shape index (κ3) is 5.15. The van der Waals surface area contributed by atoms with Gasteiger partial charge in [-0.05, 0) is 18.6 Å². The molecule has 174 valence electrons. The molecule has 0 aliphatic rings. The molecule has 0 aliphatic heterocycles. The van der Waals surface area contributed by atoms with Crippen molar-refractivity contribution in [3.8, 4) is 0 Å². The highest BCUT2D eigenvalue weighted by Crippen LogP contribution is 2.50. The van der Waals surface area contributed by atoms with E-state index in [1.807, 2.05) is 0 Å². The van der Waals surface area contributed by atoms with Crippen molar-refractivity contribution in [2.24, 2.45) is 0 Å². The summed E-state index contributed by atoms with van der Waals surface area (Å²) in [6.45, 7) is 1.08. The monoisotopic (exact) mass is 505 g/mol. The molecule has 15 heteroatoms. The van der Waals surface area contributed by atoms with Crippen LogP contribution in [0.1, 0.15) is 24.5 Å². The molecule has 2 aromatic rings. The first-order chi connectivity index (χ1) is 14.6. The highest BCUT2D eigenvalue weighted by Gasteiger charge is 2.42. The molecule has 0 heterocycles. The van der Waals surface area contributed by atoms with E-state index >= 15 is 0 Å². The van der Waals surface area contributed by atoms with Crippen molar-refractivity contribution in [3.05, 3.63) is 65.7 Å². The fraction of sp³-hybridized carbons (Fsp3) is 0.294. The van der Waals surface area contributed by atoms with Gasteiger partial charge in [0, 0.05) is 12.6 Å². The zero-order chi connectivity index (χ0) is 24.6. The number of alkyl halides is 6. The molecule has 0 saturated heterocycles. The van der Waals surface area contributed by atoms with Crippen molar-refractivity contribution in [1.29, 1.82) is 0 Å². The van der Waals surface area contributed by atoms with Crippen LogP contribution in [0.3, 0.4) is 0 Å². The van der Waals surface area contributed by atoms with Gasteiger partial charge in [-0.1, -0.05) is 30.1 Å². The molecule has 0 N–H and O–H groups in total. The Morgan fingerprint density at radius 1 is 0.875 bits per heavy atom. The van der Waals surface area contributed by atoms with Crippen molar-refractivity contribution in [1.82, 2.24) is 0 Å². The highest BCUT2D eigenvalue weighted by atomic mass is 35.5. The number of hydrogen-bond donors (Lipinski definition) is 0. The first-order valence-electron chi connectivity index (χ1n) is 8.47. The molecule has 0 saturated carbocycles. The molecule has 2 rings (SSSR count). The third-order valence-electron chi connectivity index (χ3n) is 4.12. The predicted octanol–water partition coefficient (Wildman–Crippen LogP) is 7.40. The number of hydrogen-bond acceptors (Lipinski definition) is 5. The highest BCUT2D eigenvalue weighted by molar-refractivity contribution is 6.39. The van der Waals surface area contributed by atoms with E-state index < -0.39 is 72.7 Å². The third-order valence-corrected chi connectivity index (χ3v) is 4.69. The van der Waals surface area contributed by atoms with Crippen molar-refractivity contribution in [3.63, 3.8) is 0 Å². The summed E-state index contributed by atoms with van der Waals surface area (Å²) in [4.78, 5) is 20.7. The average molecular weight is 506 g/mol. The van der Waals surface area contributed by atoms with Crippen molar-refractivity contribution in [2.75, 3.05) is 11.4 Å². The van der Waals surface area contributed by atoms with Crippen LogP contribution in [0.4, 0.5) is 49.1 Å². The molecule has 7 nitrogen and oxygen atoms in total. The van der Waals surface area contributed by atoms with Gasteiger partial charge in [0.25, 0.3) is 11.4 Å². The first kappa shape index (κ1) is 25.5. The minimum atomic E-state index is -5.30. The van der Waals surface area contributed by atoms with E-state index in [9.17, 15) is 46.6 Å². The smallest absolute Gasteiger partial charge is 0.333 e. The number of non-ortho nitro benzene ring substituents is 1. The number of halogens is 8. The van der Waals surface area contributed by atoms with E-state index in [0.29, 0.717) is 23.1 Å². The fourth-order valence-corrected chi connectivity index (χ4v) is 3.59. The molecule has 2 aromatic carbocycles. The number of nitro benzene ring substituents is 2. The Morgan fingerprint density at radius 2 is 1.41 bits per heavy atom. The second-order valence-electron chi connectivity index (χ2n) is 6.31. The van der Waals surface area contributed by atoms with Crippen LogP contribution >= 0.6 is 23.2 Å². The van der Waals surface area contributed by atoms with E-state index in [1.165, 1.54) is 6.92 Å². The maximum Gasteiger partial charge on any atom is 0.418 e. The number of benzene rings is 2. The second kappa shape index (κ2) is 8.98. The molecule has 0 atom stereocenters. The molecule has 0 aromatic heterocycles. The Kier molecular flexibility index (Phi) is 7.15. The van der Waals surface area contributed by atoms with Crippen molar-refractivity contribution < 1.29 is 36.2 Å². The lowest BCUT2D eigenvalue weighted by atomic mass is 10.1. The van der Waals surface area contributed by atoms with Gasteiger partial charge in [0.15, 0.2) is 0 Å². The Labute approximate surface area is 185 Å². The lowest BCUT2D eigenvalue weighted by molar-refractivity contribution is -0.394. The van der Waals surface area contributed by atoms with Gasteiger partial charge in [-0.2, -0.15) is 26.3 Å². The van der Waals surface area contributed by atoms with Gasteiger partial charge >= 0.3 is 12.4 Å². The topological polar surface area (TPSA) is 89.5 Å². The molecular weight excluding hydrogens is 495 g/mol. The van der Waals surface area contributed by atoms with Gasteiger partial charge in [-0.3, -0.25) is 20.2 Å². The maximum absolute atomic E-state index is 13.8. The Morgan fingerprint density at radius 3 is 1.78 bits per heavy atom. The summed E-state index contributed by atoms with van der Waals surface area (Å²) < 4.78 is 80.4. The van der Waals surface area contributed by atoms with Gasteiger partial charge in [0.05, 0.1) is 42.8 Å². The molecule has 32 heavy (non-hydrogen) atoms. The summed E-state index contributed by atoms with van der Waals surface area (Å²) in [7, 11) is 0. The molecule has 0 aliphatic carbocycles. The minimum absolute atomic E-state index is 0.0547. The Balaban J connectivity index is 2.96. The molecule has 0 amide bonds. The van der Waals surface area contributed by atoms with Crippen LogP contribution in [-0.2, 0) is 12.4 Å². The van der Waals surface area contributed by atoms with Crippen LogP contribution in [-0.4, -0.2) is 16.4 Å². The van der Waals surface area contributed by atoms with Crippen LogP contribution in [0.25, 0.3) is 0 Å². The van der Waals surface area contributed by atoms with Crippen LogP contribution in [0.2, 0.25) is 10.0 Å². The molecule has 0 spiro atoms. The summed E-state index contributed by atoms with van der Waals surface area (Å²) in [5, 5.41) is 21.1. The molecule has 0 radical (unpaired) electrons. The quantitative estimate of drug-likeness (QED) is 0.232. The summed E-state index contributed by atoms with van der Waals surface area (Å²) >= 11 is 11.8. The van der Waals surface area contributed by atoms with Crippen LogP contribution < -0.4 is 4.90 Å². The zero-order valence-corrected chi connectivity index (χ0v) is 17.2. The van der Waals surface area contributed by atoms with E-state index in [-0.39, 0.29) is 12.5 Å².